The molecule has 0 saturated carbocycles. The molecule has 3 heterocycles. The Kier molecular flexibility index (Phi) is 4.65. The average Bonchev–Trinajstić information content (AvgIpc) is 3.37. The standard InChI is InChI=1S/C19H21N3O3S/c1-12(19-20-18(21-25-19)17-5-4-8-26-17)22-7-6-13-9-15(23-2)16(24-3)10-14(13)11-22/h4-5,8-10,12H,6-7,11H2,1-3H3/t12-/m1/s1. The van der Waals surface area contributed by atoms with Crippen LogP contribution in [0.1, 0.15) is 30.0 Å². The van der Waals surface area contributed by atoms with Crippen LogP contribution in [-0.4, -0.2) is 35.8 Å². The maximum atomic E-state index is 5.53. The molecule has 3 aromatic rings. The van der Waals surface area contributed by atoms with Gasteiger partial charge in [-0.15, -0.1) is 11.3 Å². The third-order valence-electron chi connectivity index (χ3n) is 4.84. The number of hydrogen-bond acceptors (Lipinski definition) is 7. The number of nitrogens with zero attached hydrogens (tertiary/aromatic N) is 3. The van der Waals surface area contributed by atoms with Crippen LogP contribution in [0, 0.1) is 0 Å². The van der Waals surface area contributed by atoms with Crippen LogP contribution in [-0.2, 0) is 13.0 Å². The molecule has 136 valence electrons. The molecule has 0 amide bonds. The molecule has 0 bridgehead atoms. The molecule has 6 nitrogen and oxygen atoms in total. The first-order chi connectivity index (χ1) is 12.7. The lowest BCUT2D eigenvalue weighted by Crippen LogP contribution is -2.33. The average molecular weight is 371 g/mol. The number of ether oxygens (including phenoxy) is 2. The molecule has 1 atom stereocenters. The summed E-state index contributed by atoms with van der Waals surface area (Å²) in [6.45, 7) is 3.85. The third kappa shape index (κ3) is 3.08. The maximum absolute atomic E-state index is 5.53. The van der Waals surface area contributed by atoms with Crippen LogP contribution >= 0.6 is 11.3 Å². The Bertz CT molecular complexity index is 892. The number of fused-ring (bicyclic) bond motifs is 1. The van der Waals surface area contributed by atoms with Crippen molar-refractivity contribution in [2.45, 2.75) is 25.9 Å². The molecule has 1 aliphatic heterocycles. The van der Waals surface area contributed by atoms with Crippen LogP contribution in [0.3, 0.4) is 0 Å². The number of thiophene rings is 1. The van der Waals surface area contributed by atoms with E-state index < -0.39 is 0 Å². The minimum absolute atomic E-state index is 0.0532. The molecular weight excluding hydrogens is 350 g/mol. The van der Waals surface area contributed by atoms with Gasteiger partial charge in [0.25, 0.3) is 0 Å². The van der Waals surface area contributed by atoms with Gasteiger partial charge in [-0.05, 0) is 48.1 Å². The summed E-state index contributed by atoms with van der Waals surface area (Å²) in [5, 5.41) is 6.14. The van der Waals surface area contributed by atoms with Gasteiger partial charge in [-0.1, -0.05) is 11.2 Å². The highest BCUT2D eigenvalue weighted by Crippen LogP contribution is 2.35. The van der Waals surface area contributed by atoms with Gasteiger partial charge in [0, 0.05) is 13.1 Å². The van der Waals surface area contributed by atoms with Gasteiger partial charge < -0.3 is 14.0 Å². The fourth-order valence-electron chi connectivity index (χ4n) is 3.30. The minimum atomic E-state index is 0.0532. The minimum Gasteiger partial charge on any atom is -0.493 e. The van der Waals surface area contributed by atoms with Gasteiger partial charge in [0.15, 0.2) is 11.5 Å². The highest BCUT2D eigenvalue weighted by atomic mass is 32.1. The zero-order chi connectivity index (χ0) is 18.1. The van der Waals surface area contributed by atoms with Crippen LogP contribution in [0.15, 0.2) is 34.2 Å². The molecule has 26 heavy (non-hydrogen) atoms. The molecule has 2 aromatic heterocycles. The Labute approximate surface area is 156 Å². The number of benzene rings is 1. The van der Waals surface area contributed by atoms with Crippen molar-refractivity contribution in [1.82, 2.24) is 15.0 Å². The summed E-state index contributed by atoms with van der Waals surface area (Å²) >= 11 is 1.61. The first kappa shape index (κ1) is 17.1. The smallest absolute Gasteiger partial charge is 0.244 e. The fourth-order valence-corrected chi connectivity index (χ4v) is 3.95. The monoisotopic (exact) mass is 371 g/mol. The van der Waals surface area contributed by atoms with Gasteiger partial charge in [-0.3, -0.25) is 4.90 Å². The SMILES string of the molecule is COc1cc2c(cc1OC)CN([C@H](C)c1nc(-c3cccs3)no1)CC2. The lowest BCUT2D eigenvalue weighted by Gasteiger charge is -2.32. The second kappa shape index (κ2) is 7.09. The summed E-state index contributed by atoms with van der Waals surface area (Å²) < 4.78 is 16.4. The van der Waals surface area contributed by atoms with E-state index in [4.69, 9.17) is 14.0 Å². The summed E-state index contributed by atoms with van der Waals surface area (Å²) in [7, 11) is 3.33. The first-order valence-electron chi connectivity index (χ1n) is 8.55. The highest BCUT2D eigenvalue weighted by molar-refractivity contribution is 7.13. The van der Waals surface area contributed by atoms with Crippen molar-refractivity contribution in [3.63, 3.8) is 0 Å². The number of aromatic nitrogens is 2. The Balaban J connectivity index is 1.55. The van der Waals surface area contributed by atoms with Gasteiger partial charge in [0.1, 0.15) is 0 Å². The van der Waals surface area contributed by atoms with Crippen LogP contribution in [0.25, 0.3) is 10.7 Å². The summed E-state index contributed by atoms with van der Waals surface area (Å²) in [5.41, 5.74) is 2.55. The number of rotatable bonds is 5. The van der Waals surface area contributed by atoms with Crippen molar-refractivity contribution in [3.05, 3.63) is 46.7 Å². The summed E-state index contributed by atoms with van der Waals surface area (Å²) in [4.78, 5) is 7.96. The number of hydrogen-bond donors (Lipinski definition) is 0. The van der Waals surface area contributed by atoms with E-state index in [2.05, 4.69) is 34.1 Å². The topological polar surface area (TPSA) is 60.6 Å². The van der Waals surface area contributed by atoms with Crippen molar-refractivity contribution < 1.29 is 14.0 Å². The van der Waals surface area contributed by atoms with Crippen molar-refractivity contribution in [2.24, 2.45) is 0 Å². The van der Waals surface area contributed by atoms with Crippen LogP contribution in [0.5, 0.6) is 11.5 Å². The van der Waals surface area contributed by atoms with Crippen molar-refractivity contribution in [1.29, 1.82) is 0 Å². The Morgan fingerprint density at radius 3 is 2.65 bits per heavy atom. The van der Waals surface area contributed by atoms with E-state index >= 15 is 0 Å². The van der Waals surface area contributed by atoms with Gasteiger partial charge in [-0.25, -0.2) is 0 Å². The van der Waals surface area contributed by atoms with Crippen LogP contribution in [0.4, 0.5) is 0 Å². The van der Waals surface area contributed by atoms with Crippen molar-refractivity contribution >= 4 is 11.3 Å². The zero-order valence-corrected chi connectivity index (χ0v) is 15.9. The summed E-state index contributed by atoms with van der Waals surface area (Å²) in [6, 6.07) is 8.19. The molecular formula is C19H21N3O3S. The van der Waals surface area contributed by atoms with Gasteiger partial charge in [0.2, 0.25) is 11.7 Å². The van der Waals surface area contributed by atoms with Gasteiger partial charge >= 0.3 is 0 Å². The molecule has 0 radical (unpaired) electrons. The van der Waals surface area contributed by atoms with E-state index in [0.717, 1.165) is 35.9 Å². The second-order valence-electron chi connectivity index (χ2n) is 6.31. The van der Waals surface area contributed by atoms with Crippen molar-refractivity contribution in [2.75, 3.05) is 20.8 Å². The third-order valence-corrected chi connectivity index (χ3v) is 5.70. The predicted molar refractivity (Wildman–Crippen MR) is 99.7 cm³/mol. The predicted octanol–water partition coefficient (Wildman–Crippen LogP) is 3.93. The van der Waals surface area contributed by atoms with E-state index in [1.165, 1.54) is 11.1 Å². The largest absolute Gasteiger partial charge is 0.493 e. The molecule has 1 aromatic carbocycles. The molecule has 0 fully saturated rings. The molecule has 7 heteroatoms. The Morgan fingerprint density at radius 2 is 1.96 bits per heavy atom. The van der Waals surface area contributed by atoms with E-state index in [-0.39, 0.29) is 6.04 Å². The van der Waals surface area contributed by atoms with E-state index in [1.807, 2.05) is 17.5 Å². The molecule has 0 saturated heterocycles. The van der Waals surface area contributed by atoms with Crippen molar-refractivity contribution in [3.8, 4) is 22.2 Å². The van der Waals surface area contributed by atoms with E-state index in [9.17, 15) is 0 Å². The van der Waals surface area contributed by atoms with Gasteiger partial charge in [0.05, 0.1) is 25.1 Å². The highest BCUT2D eigenvalue weighted by Gasteiger charge is 2.27. The van der Waals surface area contributed by atoms with Crippen LogP contribution in [0.2, 0.25) is 0 Å². The molecule has 0 N–H and O–H groups in total. The fraction of sp³-hybridized carbons (Fsp3) is 0.368. The lowest BCUT2D eigenvalue weighted by atomic mass is 9.97. The summed E-state index contributed by atoms with van der Waals surface area (Å²) in [6.07, 6.45) is 0.950. The zero-order valence-electron chi connectivity index (χ0n) is 15.1. The second-order valence-corrected chi connectivity index (χ2v) is 7.25. The lowest BCUT2D eigenvalue weighted by molar-refractivity contribution is 0.157. The Morgan fingerprint density at radius 1 is 1.19 bits per heavy atom. The summed E-state index contributed by atoms with van der Waals surface area (Å²) in [5.74, 6) is 2.85. The van der Waals surface area contributed by atoms with Crippen LogP contribution < -0.4 is 9.47 Å². The first-order valence-corrected chi connectivity index (χ1v) is 9.43. The molecule has 0 unspecified atom stereocenters. The molecule has 4 rings (SSSR count). The van der Waals surface area contributed by atoms with E-state index in [0.29, 0.717) is 11.7 Å². The van der Waals surface area contributed by atoms with Gasteiger partial charge in [-0.2, -0.15) is 4.98 Å². The normalized spacial score (nSPS) is 15.5. The maximum Gasteiger partial charge on any atom is 0.244 e. The molecule has 0 spiro atoms. The van der Waals surface area contributed by atoms with E-state index in [1.54, 1.807) is 25.6 Å². The molecule has 1 aliphatic rings. The quantitative estimate of drug-likeness (QED) is 0.677. The Hall–Kier alpha value is -2.38. The number of methoxy groups -OCH3 is 2. The molecule has 0 aliphatic carbocycles.